The average Bonchev–Trinajstić information content (AvgIpc) is 2.10. The number of epoxide rings is 1. The zero-order valence-corrected chi connectivity index (χ0v) is 6.22. The maximum Gasteiger partial charge on any atom is 0.0893 e. The number of hydrogen-bond donors (Lipinski definition) is 1. The Morgan fingerprint density at radius 3 is 2.22 bits per heavy atom. The van der Waals surface area contributed by atoms with Crippen molar-refractivity contribution in [1.29, 1.82) is 0 Å². The Balaban J connectivity index is 2.20. The highest BCUT2D eigenvalue weighted by Gasteiger charge is 2.47. The van der Waals surface area contributed by atoms with Gasteiger partial charge in [0.1, 0.15) is 0 Å². The Morgan fingerprint density at radius 1 is 1.67 bits per heavy atom. The quantitative estimate of drug-likeness (QED) is 0.564. The monoisotopic (exact) mass is 130 g/mol. The zero-order valence-electron chi connectivity index (χ0n) is 6.22. The number of aliphatic hydroxyl groups excluding tert-OH is 1. The van der Waals surface area contributed by atoms with Gasteiger partial charge in [0.25, 0.3) is 0 Å². The Hall–Kier alpha value is -0.0800. The molecule has 1 aliphatic heterocycles. The molecule has 1 saturated heterocycles. The van der Waals surface area contributed by atoms with E-state index in [1.807, 2.05) is 13.8 Å². The first-order valence-electron chi connectivity index (χ1n) is 3.38. The predicted molar refractivity (Wildman–Crippen MR) is 35.2 cm³/mol. The molecule has 54 valence electrons. The van der Waals surface area contributed by atoms with Crippen molar-refractivity contribution in [2.75, 3.05) is 0 Å². The van der Waals surface area contributed by atoms with E-state index >= 15 is 0 Å². The predicted octanol–water partition coefficient (Wildman–Crippen LogP) is 0.935. The molecule has 0 unspecified atom stereocenters. The first kappa shape index (κ1) is 7.03. The van der Waals surface area contributed by atoms with Crippen molar-refractivity contribution < 1.29 is 9.84 Å². The van der Waals surface area contributed by atoms with Crippen LogP contribution < -0.4 is 0 Å². The van der Waals surface area contributed by atoms with Gasteiger partial charge in [-0.05, 0) is 20.8 Å². The van der Waals surface area contributed by atoms with Gasteiger partial charge in [-0.25, -0.2) is 0 Å². The fourth-order valence-electron chi connectivity index (χ4n) is 0.974. The summed E-state index contributed by atoms with van der Waals surface area (Å²) in [6, 6.07) is 0. The molecule has 0 saturated carbocycles. The van der Waals surface area contributed by atoms with E-state index in [1.54, 1.807) is 6.92 Å². The van der Waals surface area contributed by atoms with E-state index in [0.717, 1.165) is 6.42 Å². The molecule has 9 heavy (non-hydrogen) atoms. The summed E-state index contributed by atoms with van der Waals surface area (Å²) < 4.78 is 5.26. The molecule has 1 rings (SSSR count). The Bertz CT molecular complexity index is 107. The third-order valence-electron chi connectivity index (χ3n) is 1.72. The minimum absolute atomic E-state index is 0.0387. The van der Waals surface area contributed by atoms with E-state index < -0.39 is 0 Å². The van der Waals surface area contributed by atoms with Gasteiger partial charge in [-0.15, -0.1) is 0 Å². The van der Waals surface area contributed by atoms with Crippen molar-refractivity contribution in [3.05, 3.63) is 0 Å². The molecule has 2 heteroatoms. The smallest absolute Gasteiger partial charge is 0.0893 e. The van der Waals surface area contributed by atoms with Gasteiger partial charge in [0.05, 0.1) is 17.8 Å². The van der Waals surface area contributed by atoms with Gasteiger partial charge in [0.2, 0.25) is 0 Å². The van der Waals surface area contributed by atoms with Gasteiger partial charge in [-0.1, -0.05) is 0 Å². The van der Waals surface area contributed by atoms with Gasteiger partial charge in [-0.2, -0.15) is 0 Å². The summed E-state index contributed by atoms with van der Waals surface area (Å²) in [5, 5.41) is 8.91. The van der Waals surface area contributed by atoms with Crippen LogP contribution in [0.5, 0.6) is 0 Å². The number of aliphatic hydroxyl groups is 1. The second-order valence-corrected chi connectivity index (χ2v) is 3.29. The topological polar surface area (TPSA) is 32.8 Å². The molecule has 2 nitrogen and oxygen atoms in total. The molecule has 0 aliphatic carbocycles. The van der Waals surface area contributed by atoms with E-state index in [1.165, 1.54) is 0 Å². The molecule has 0 bridgehead atoms. The maximum absolute atomic E-state index is 8.91. The van der Waals surface area contributed by atoms with E-state index in [2.05, 4.69) is 0 Å². The van der Waals surface area contributed by atoms with Crippen LogP contribution in [-0.2, 0) is 4.74 Å². The van der Waals surface area contributed by atoms with Crippen LogP contribution in [0.3, 0.4) is 0 Å². The van der Waals surface area contributed by atoms with E-state index in [4.69, 9.17) is 9.84 Å². The zero-order chi connectivity index (χ0) is 7.07. The summed E-state index contributed by atoms with van der Waals surface area (Å²) in [6.07, 6.45) is 0.835. The fourth-order valence-corrected chi connectivity index (χ4v) is 0.974. The van der Waals surface area contributed by atoms with Crippen LogP contribution in [0.15, 0.2) is 0 Å². The molecule has 1 aliphatic rings. The van der Waals surface area contributed by atoms with Crippen molar-refractivity contribution in [2.45, 2.75) is 45.0 Å². The third-order valence-corrected chi connectivity index (χ3v) is 1.72. The summed E-state index contributed by atoms with van der Waals surface area (Å²) in [4.78, 5) is 0. The number of ether oxygens (including phenoxy) is 1. The minimum atomic E-state index is -0.225. The summed E-state index contributed by atoms with van der Waals surface area (Å²) >= 11 is 0. The molecule has 0 amide bonds. The lowest BCUT2D eigenvalue weighted by Gasteiger charge is -1.99. The van der Waals surface area contributed by atoms with E-state index in [-0.39, 0.29) is 17.8 Å². The lowest BCUT2D eigenvalue weighted by atomic mass is 10.1. The molecular formula is C7H14O2. The van der Waals surface area contributed by atoms with Crippen molar-refractivity contribution in [1.82, 2.24) is 0 Å². The lowest BCUT2D eigenvalue weighted by Crippen LogP contribution is -2.10. The van der Waals surface area contributed by atoms with Crippen LogP contribution in [0.4, 0.5) is 0 Å². The molecule has 0 aromatic rings. The lowest BCUT2D eigenvalue weighted by molar-refractivity contribution is 0.170. The van der Waals surface area contributed by atoms with Crippen LogP contribution in [0.1, 0.15) is 27.2 Å². The van der Waals surface area contributed by atoms with Gasteiger partial charge in [0.15, 0.2) is 0 Å². The standard InChI is InChI=1S/C7H14O2/c1-5(8)4-6-7(2,3)9-6/h5-6,8H,4H2,1-3H3/t5-,6-/m0/s1. The summed E-state index contributed by atoms with van der Waals surface area (Å²) in [6.45, 7) is 5.87. The summed E-state index contributed by atoms with van der Waals surface area (Å²) in [7, 11) is 0. The van der Waals surface area contributed by atoms with Crippen molar-refractivity contribution in [2.24, 2.45) is 0 Å². The first-order valence-corrected chi connectivity index (χ1v) is 3.38. The fraction of sp³-hybridized carbons (Fsp3) is 1.00. The Morgan fingerprint density at radius 2 is 2.11 bits per heavy atom. The number of hydrogen-bond acceptors (Lipinski definition) is 2. The molecule has 2 atom stereocenters. The summed E-state index contributed by atoms with van der Waals surface area (Å²) in [5.74, 6) is 0. The van der Waals surface area contributed by atoms with Crippen LogP contribution in [0.2, 0.25) is 0 Å². The Kier molecular flexibility index (Phi) is 1.53. The third kappa shape index (κ3) is 1.66. The molecule has 1 fully saturated rings. The molecule has 1 heterocycles. The highest BCUT2D eigenvalue weighted by molar-refractivity contribution is 4.95. The van der Waals surface area contributed by atoms with Gasteiger partial charge >= 0.3 is 0 Å². The van der Waals surface area contributed by atoms with Crippen molar-refractivity contribution in [3.8, 4) is 0 Å². The van der Waals surface area contributed by atoms with Crippen LogP contribution in [0, 0.1) is 0 Å². The largest absolute Gasteiger partial charge is 0.393 e. The second kappa shape index (κ2) is 1.96. The minimum Gasteiger partial charge on any atom is -0.393 e. The highest BCUT2D eigenvalue weighted by Crippen LogP contribution is 2.38. The van der Waals surface area contributed by atoms with Crippen molar-refractivity contribution >= 4 is 0 Å². The van der Waals surface area contributed by atoms with Gasteiger partial charge in [0, 0.05) is 6.42 Å². The van der Waals surface area contributed by atoms with Crippen LogP contribution in [-0.4, -0.2) is 22.9 Å². The molecule has 1 N–H and O–H groups in total. The van der Waals surface area contributed by atoms with Crippen LogP contribution in [0.25, 0.3) is 0 Å². The molecule has 0 aromatic carbocycles. The van der Waals surface area contributed by atoms with E-state index in [9.17, 15) is 0 Å². The SMILES string of the molecule is C[C@H](O)C[C@@H]1OC1(C)C. The second-order valence-electron chi connectivity index (χ2n) is 3.29. The van der Waals surface area contributed by atoms with Gasteiger partial charge in [-0.3, -0.25) is 0 Å². The van der Waals surface area contributed by atoms with Crippen molar-refractivity contribution in [3.63, 3.8) is 0 Å². The Labute approximate surface area is 55.8 Å². The van der Waals surface area contributed by atoms with Gasteiger partial charge < -0.3 is 9.84 Å². The molecular weight excluding hydrogens is 116 g/mol. The molecule has 0 aromatic heterocycles. The van der Waals surface area contributed by atoms with Crippen LogP contribution >= 0.6 is 0 Å². The molecule has 0 radical (unpaired) electrons. The normalized spacial score (nSPS) is 34.0. The number of rotatable bonds is 2. The highest BCUT2D eigenvalue weighted by atomic mass is 16.6. The van der Waals surface area contributed by atoms with E-state index in [0.29, 0.717) is 0 Å². The summed E-state index contributed by atoms with van der Waals surface area (Å²) in [5.41, 5.74) is 0.0387. The first-order chi connectivity index (χ1) is 4.02. The molecule has 0 spiro atoms. The maximum atomic E-state index is 8.91. The average molecular weight is 130 g/mol.